The molecule has 2 rings (SSSR count). The van der Waals surface area contributed by atoms with E-state index in [1.165, 1.54) is 6.08 Å². The zero-order valence-corrected chi connectivity index (χ0v) is 8.81. The summed E-state index contributed by atoms with van der Waals surface area (Å²) < 4.78 is 0. The SMILES string of the molecule is C=CC(=O)Nc1ccccc1C1CCOO1. The third-order valence-corrected chi connectivity index (χ3v) is 2.40. The van der Waals surface area contributed by atoms with Gasteiger partial charge in [0.1, 0.15) is 6.10 Å². The summed E-state index contributed by atoms with van der Waals surface area (Å²) in [6.07, 6.45) is 1.92. The van der Waals surface area contributed by atoms with E-state index in [0.717, 1.165) is 17.7 Å². The van der Waals surface area contributed by atoms with Crippen LogP contribution in [0.15, 0.2) is 36.9 Å². The second-order valence-corrected chi connectivity index (χ2v) is 3.48. The van der Waals surface area contributed by atoms with Gasteiger partial charge < -0.3 is 5.32 Å². The lowest BCUT2D eigenvalue weighted by molar-refractivity contribution is -0.276. The Morgan fingerprint density at radius 2 is 2.31 bits per heavy atom. The summed E-state index contributed by atoms with van der Waals surface area (Å²) in [7, 11) is 0. The van der Waals surface area contributed by atoms with Crippen LogP contribution >= 0.6 is 0 Å². The largest absolute Gasteiger partial charge is 0.322 e. The Kier molecular flexibility index (Phi) is 3.34. The molecule has 0 radical (unpaired) electrons. The van der Waals surface area contributed by atoms with Crippen molar-refractivity contribution >= 4 is 11.6 Å². The quantitative estimate of drug-likeness (QED) is 0.626. The molecular weight excluding hydrogens is 206 g/mol. The lowest BCUT2D eigenvalue weighted by Crippen LogP contribution is -2.10. The van der Waals surface area contributed by atoms with Crippen LogP contribution in [0.4, 0.5) is 5.69 Å². The predicted octanol–water partition coefficient (Wildman–Crippen LogP) is 2.20. The highest BCUT2D eigenvalue weighted by Gasteiger charge is 2.22. The lowest BCUT2D eigenvalue weighted by Gasteiger charge is -2.13. The zero-order chi connectivity index (χ0) is 11.4. The summed E-state index contributed by atoms with van der Waals surface area (Å²) in [5.74, 6) is -0.230. The van der Waals surface area contributed by atoms with Gasteiger partial charge in [-0.3, -0.25) is 4.79 Å². The molecule has 16 heavy (non-hydrogen) atoms. The molecule has 0 aromatic heterocycles. The van der Waals surface area contributed by atoms with E-state index >= 15 is 0 Å². The van der Waals surface area contributed by atoms with E-state index in [4.69, 9.17) is 9.78 Å². The van der Waals surface area contributed by atoms with Gasteiger partial charge in [0.25, 0.3) is 0 Å². The number of benzene rings is 1. The minimum atomic E-state index is -0.230. The molecule has 0 spiro atoms. The maximum atomic E-state index is 11.2. The number of para-hydroxylation sites is 1. The topological polar surface area (TPSA) is 47.6 Å². The van der Waals surface area contributed by atoms with Crippen molar-refractivity contribution in [2.75, 3.05) is 11.9 Å². The van der Waals surface area contributed by atoms with Gasteiger partial charge in [-0.2, -0.15) is 0 Å². The van der Waals surface area contributed by atoms with Crippen LogP contribution in [-0.2, 0) is 14.6 Å². The van der Waals surface area contributed by atoms with Crippen molar-refractivity contribution in [2.24, 2.45) is 0 Å². The Morgan fingerprint density at radius 3 is 3.00 bits per heavy atom. The van der Waals surface area contributed by atoms with E-state index < -0.39 is 0 Å². The first-order valence-electron chi connectivity index (χ1n) is 5.12. The van der Waals surface area contributed by atoms with Crippen molar-refractivity contribution in [1.29, 1.82) is 0 Å². The van der Waals surface area contributed by atoms with Crippen LogP contribution in [0, 0.1) is 0 Å². The van der Waals surface area contributed by atoms with E-state index in [9.17, 15) is 4.79 Å². The second kappa shape index (κ2) is 4.92. The number of carbonyl (C=O) groups is 1. The highest BCUT2D eigenvalue weighted by atomic mass is 17.2. The molecule has 4 heteroatoms. The molecule has 1 saturated heterocycles. The monoisotopic (exact) mass is 219 g/mol. The molecule has 1 aromatic rings. The molecule has 1 heterocycles. The number of anilines is 1. The molecule has 0 saturated carbocycles. The Hall–Kier alpha value is -1.65. The van der Waals surface area contributed by atoms with Crippen LogP contribution < -0.4 is 5.32 Å². The molecule has 1 aliphatic heterocycles. The van der Waals surface area contributed by atoms with E-state index in [2.05, 4.69) is 11.9 Å². The summed E-state index contributed by atoms with van der Waals surface area (Å²) in [4.78, 5) is 21.2. The summed E-state index contributed by atoms with van der Waals surface area (Å²) in [5.41, 5.74) is 1.66. The molecule has 0 aliphatic carbocycles. The van der Waals surface area contributed by atoms with Gasteiger partial charge in [0, 0.05) is 17.7 Å². The molecule has 1 aliphatic rings. The fourth-order valence-electron chi connectivity index (χ4n) is 1.62. The maximum Gasteiger partial charge on any atom is 0.247 e. The first-order chi connectivity index (χ1) is 7.81. The number of nitrogens with one attached hydrogen (secondary N) is 1. The molecule has 1 aromatic carbocycles. The molecule has 1 atom stereocenters. The number of carbonyl (C=O) groups excluding carboxylic acids is 1. The highest BCUT2D eigenvalue weighted by Crippen LogP contribution is 2.31. The number of rotatable bonds is 3. The van der Waals surface area contributed by atoms with E-state index in [1.807, 2.05) is 24.3 Å². The molecule has 84 valence electrons. The van der Waals surface area contributed by atoms with Gasteiger partial charge in [0.15, 0.2) is 0 Å². The molecule has 1 N–H and O–H groups in total. The van der Waals surface area contributed by atoms with E-state index in [-0.39, 0.29) is 12.0 Å². The van der Waals surface area contributed by atoms with Crippen LogP contribution in [-0.4, -0.2) is 12.5 Å². The molecule has 0 bridgehead atoms. The van der Waals surface area contributed by atoms with Crippen molar-refractivity contribution in [3.8, 4) is 0 Å². The van der Waals surface area contributed by atoms with E-state index in [0.29, 0.717) is 6.61 Å². The zero-order valence-electron chi connectivity index (χ0n) is 8.81. The third kappa shape index (κ3) is 2.29. The van der Waals surface area contributed by atoms with Crippen molar-refractivity contribution in [1.82, 2.24) is 0 Å². The average molecular weight is 219 g/mol. The molecule has 1 amide bonds. The van der Waals surface area contributed by atoms with Gasteiger partial charge in [0.2, 0.25) is 5.91 Å². The smallest absolute Gasteiger partial charge is 0.247 e. The average Bonchev–Trinajstić information content (AvgIpc) is 2.83. The Bertz CT molecular complexity index is 397. The summed E-state index contributed by atoms with van der Waals surface area (Å²) >= 11 is 0. The summed E-state index contributed by atoms with van der Waals surface area (Å²) in [6.45, 7) is 3.99. The standard InChI is InChI=1S/C12H13NO3/c1-2-12(14)13-10-6-4-3-5-9(10)11-7-8-15-16-11/h2-6,11H,1,7-8H2,(H,13,14). The number of hydrogen-bond acceptors (Lipinski definition) is 3. The highest BCUT2D eigenvalue weighted by molar-refractivity contribution is 5.99. The first kappa shape index (κ1) is 10.9. The van der Waals surface area contributed by atoms with Gasteiger partial charge in [-0.05, 0) is 12.1 Å². The second-order valence-electron chi connectivity index (χ2n) is 3.48. The van der Waals surface area contributed by atoms with Gasteiger partial charge in [-0.1, -0.05) is 24.8 Å². The fraction of sp³-hybridized carbons (Fsp3) is 0.250. The van der Waals surface area contributed by atoms with Crippen LogP contribution in [0.1, 0.15) is 18.1 Å². The molecular formula is C12H13NO3. The van der Waals surface area contributed by atoms with E-state index in [1.54, 1.807) is 0 Å². The van der Waals surface area contributed by atoms with Crippen molar-refractivity contribution in [3.05, 3.63) is 42.5 Å². The first-order valence-corrected chi connectivity index (χ1v) is 5.12. The van der Waals surface area contributed by atoms with Crippen LogP contribution in [0.25, 0.3) is 0 Å². The van der Waals surface area contributed by atoms with Gasteiger partial charge in [-0.15, -0.1) is 0 Å². The van der Waals surface area contributed by atoms with Crippen molar-refractivity contribution in [2.45, 2.75) is 12.5 Å². The third-order valence-electron chi connectivity index (χ3n) is 2.40. The Morgan fingerprint density at radius 1 is 1.50 bits per heavy atom. The van der Waals surface area contributed by atoms with Crippen LogP contribution in [0.3, 0.4) is 0 Å². The summed E-state index contributed by atoms with van der Waals surface area (Å²) in [6, 6.07) is 7.51. The predicted molar refractivity (Wildman–Crippen MR) is 59.7 cm³/mol. The van der Waals surface area contributed by atoms with Gasteiger partial charge in [0.05, 0.1) is 6.61 Å². The minimum absolute atomic E-state index is 0.110. The fourth-order valence-corrected chi connectivity index (χ4v) is 1.62. The Balaban J connectivity index is 2.22. The molecule has 4 nitrogen and oxygen atoms in total. The van der Waals surface area contributed by atoms with Gasteiger partial charge >= 0.3 is 0 Å². The van der Waals surface area contributed by atoms with Crippen molar-refractivity contribution in [3.63, 3.8) is 0 Å². The van der Waals surface area contributed by atoms with Crippen molar-refractivity contribution < 1.29 is 14.6 Å². The normalized spacial score (nSPS) is 19.4. The summed E-state index contributed by atoms with van der Waals surface area (Å²) in [5, 5.41) is 2.74. The Labute approximate surface area is 93.8 Å². The number of hydrogen-bond donors (Lipinski definition) is 1. The number of amides is 1. The minimum Gasteiger partial charge on any atom is -0.322 e. The molecule has 1 fully saturated rings. The maximum absolute atomic E-state index is 11.2. The lowest BCUT2D eigenvalue weighted by atomic mass is 10.1. The van der Waals surface area contributed by atoms with Crippen LogP contribution in [0.2, 0.25) is 0 Å². The van der Waals surface area contributed by atoms with Gasteiger partial charge in [-0.25, -0.2) is 9.78 Å². The van der Waals surface area contributed by atoms with Crippen LogP contribution in [0.5, 0.6) is 0 Å². The molecule has 1 unspecified atom stereocenters.